The molecule has 3 rings (SSSR count). The summed E-state index contributed by atoms with van der Waals surface area (Å²) in [5, 5.41) is 8.38. The van der Waals surface area contributed by atoms with E-state index >= 15 is 0 Å². The van der Waals surface area contributed by atoms with Gasteiger partial charge in [0.15, 0.2) is 5.82 Å². The lowest BCUT2D eigenvalue weighted by atomic mass is 10.1. The van der Waals surface area contributed by atoms with E-state index in [2.05, 4.69) is 20.3 Å². The smallest absolute Gasteiger partial charge is 0.238 e. The highest BCUT2D eigenvalue weighted by Crippen LogP contribution is 2.17. The highest BCUT2D eigenvalue weighted by atomic mass is 32.2. The molecule has 0 saturated carbocycles. The molecule has 3 aromatic rings. The Bertz CT molecular complexity index is 990. The lowest BCUT2D eigenvalue weighted by Gasteiger charge is -2.09. The number of nitrogens with zero attached hydrogens (tertiary/aromatic N) is 3. The summed E-state index contributed by atoms with van der Waals surface area (Å²) in [5.41, 5.74) is 2.72. The number of rotatable bonds is 6. The summed E-state index contributed by atoms with van der Waals surface area (Å²) in [5.74, 6) is 1.36. The number of sulfonamides is 1. The van der Waals surface area contributed by atoms with Crippen LogP contribution in [0.4, 0.5) is 5.82 Å². The van der Waals surface area contributed by atoms with E-state index in [9.17, 15) is 8.42 Å². The van der Waals surface area contributed by atoms with Crippen LogP contribution in [-0.4, -0.2) is 29.9 Å². The standard InChI is InChI=1S/C18H19N5O2S/c1-13-11-17(23-18(22-13)15-3-2-9-20-12-15)21-10-8-14-4-6-16(7-5-14)26(19,24)25/h2-7,9,11-12H,8,10H2,1H3,(H2,19,24,25)(H,21,22,23). The van der Waals surface area contributed by atoms with E-state index in [0.717, 1.165) is 29.1 Å². The molecule has 0 saturated heterocycles. The number of hydrogen-bond donors (Lipinski definition) is 2. The molecule has 2 heterocycles. The average molecular weight is 369 g/mol. The summed E-state index contributed by atoms with van der Waals surface area (Å²) >= 11 is 0. The van der Waals surface area contributed by atoms with Crippen LogP contribution in [0.3, 0.4) is 0 Å². The van der Waals surface area contributed by atoms with Gasteiger partial charge >= 0.3 is 0 Å². The Kier molecular flexibility index (Phi) is 5.24. The summed E-state index contributed by atoms with van der Waals surface area (Å²) in [6.07, 6.45) is 4.15. The molecule has 0 spiro atoms. The van der Waals surface area contributed by atoms with E-state index < -0.39 is 10.0 Å². The average Bonchev–Trinajstić information content (AvgIpc) is 2.62. The Balaban J connectivity index is 1.66. The normalized spacial score (nSPS) is 11.3. The quantitative estimate of drug-likeness (QED) is 0.689. The van der Waals surface area contributed by atoms with Crippen LogP contribution in [0.1, 0.15) is 11.3 Å². The largest absolute Gasteiger partial charge is 0.370 e. The topological polar surface area (TPSA) is 111 Å². The fraction of sp³-hybridized carbons (Fsp3) is 0.167. The third kappa shape index (κ3) is 4.62. The van der Waals surface area contributed by atoms with Gasteiger partial charge in [0, 0.05) is 36.3 Å². The summed E-state index contributed by atoms with van der Waals surface area (Å²) in [6, 6.07) is 12.2. The summed E-state index contributed by atoms with van der Waals surface area (Å²) < 4.78 is 22.5. The Morgan fingerprint density at radius 3 is 2.54 bits per heavy atom. The molecular weight excluding hydrogens is 350 g/mol. The maximum absolute atomic E-state index is 11.3. The Morgan fingerprint density at radius 1 is 1.12 bits per heavy atom. The summed E-state index contributed by atoms with van der Waals surface area (Å²) in [4.78, 5) is 13.2. The van der Waals surface area contributed by atoms with Crippen molar-refractivity contribution in [2.75, 3.05) is 11.9 Å². The molecule has 26 heavy (non-hydrogen) atoms. The maximum atomic E-state index is 11.3. The van der Waals surface area contributed by atoms with E-state index in [0.29, 0.717) is 12.4 Å². The summed E-state index contributed by atoms with van der Waals surface area (Å²) in [7, 11) is -3.66. The SMILES string of the molecule is Cc1cc(NCCc2ccc(S(N)(=O)=O)cc2)nc(-c2cccnc2)n1. The number of nitrogens with two attached hydrogens (primary N) is 1. The predicted molar refractivity (Wildman–Crippen MR) is 100 cm³/mol. The molecule has 3 N–H and O–H groups in total. The van der Waals surface area contributed by atoms with E-state index in [-0.39, 0.29) is 4.90 Å². The molecule has 0 radical (unpaired) electrons. The van der Waals surface area contributed by atoms with Gasteiger partial charge in [-0.3, -0.25) is 4.98 Å². The van der Waals surface area contributed by atoms with Gasteiger partial charge in [0.1, 0.15) is 5.82 Å². The molecule has 0 aliphatic rings. The molecule has 0 bridgehead atoms. The van der Waals surface area contributed by atoms with E-state index in [1.165, 1.54) is 12.1 Å². The molecule has 0 amide bonds. The molecule has 134 valence electrons. The van der Waals surface area contributed by atoms with Crippen molar-refractivity contribution in [1.82, 2.24) is 15.0 Å². The van der Waals surface area contributed by atoms with Gasteiger partial charge in [-0.25, -0.2) is 23.5 Å². The van der Waals surface area contributed by atoms with Gasteiger partial charge < -0.3 is 5.32 Å². The number of benzene rings is 1. The fourth-order valence-electron chi connectivity index (χ4n) is 2.46. The lowest BCUT2D eigenvalue weighted by Crippen LogP contribution is -2.12. The maximum Gasteiger partial charge on any atom is 0.238 e. The predicted octanol–water partition coefficient (Wildman–Crippen LogP) is 2.15. The van der Waals surface area contributed by atoms with Crippen LogP contribution >= 0.6 is 0 Å². The number of nitrogens with one attached hydrogen (secondary N) is 1. The molecule has 0 aliphatic carbocycles. The van der Waals surface area contributed by atoms with Crippen LogP contribution in [0, 0.1) is 6.92 Å². The van der Waals surface area contributed by atoms with Crippen LogP contribution in [0.15, 0.2) is 59.8 Å². The Labute approximate surface area is 152 Å². The van der Waals surface area contributed by atoms with Crippen LogP contribution in [0.2, 0.25) is 0 Å². The molecule has 0 aliphatic heterocycles. The number of hydrogen-bond acceptors (Lipinski definition) is 6. The van der Waals surface area contributed by atoms with Crippen molar-refractivity contribution in [2.45, 2.75) is 18.2 Å². The zero-order valence-corrected chi connectivity index (χ0v) is 15.1. The second-order valence-electron chi connectivity index (χ2n) is 5.83. The first-order valence-corrected chi connectivity index (χ1v) is 9.58. The minimum absolute atomic E-state index is 0.113. The fourth-order valence-corrected chi connectivity index (χ4v) is 2.98. The first kappa shape index (κ1) is 18.0. The molecule has 0 fully saturated rings. The van der Waals surface area contributed by atoms with E-state index in [4.69, 9.17) is 5.14 Å². The highest BCUT2D eigenvalue weighted by Gasteiger charge is 2.07. The monoisotopic (exact) mass is 369 g/mol. The van der Waals surface area contributed by atoms with Gasteiger partial charge in [-0.1, -0.05) is 12.1 Å². The number of anilines is 1. The zero-order valence-electron chi connectivity index (χ0n) is 14.3. The third-order valence-electron chi connectivity index (χ3n) is 3.75. The summed E-state index contributed by atoms with van der Waals surface area (Å²) in [6.45, 7) is 2.57. The molecule has 8 heteroatoms. The minimum atomic E-state index is -3.66. The molecular formula is C18H19N5O2S. The number of pyridine rings is 1. The van der Waals surface area contributed by atoms with Crippen molar-refractivity contribution in [3.05, 3.63) is 66.1 Å². The van der Waals surface area contributed by atoms with Gasteiger partial charge in [-0.2, -0.15) is 0 Å². The van der Waals surface area contributed by atoms with Crippen molar-refractivity contribution >= 4 is 15.8 Å². The zero-order chi connectivity index (χ0) is 18.6. The van der Waals surface area contributed by atoms with Crippen molar-refractivity contribution in [1.29, 1.82) is 0 Å². The third-order valence-corrected chi connectivity index (χ3v) is 4.67. The number of aryl methyl sites for hydroxylation is 1. The van der Waals surface area contributed by atoms with Gasteiger partial charge in [0.25, 0.3) is 0 Å². The lowest BCUT2D eigenvalue weighted by molar-refractivity contribution is 0.598. The first-order chi connectivity index (χ1) is 12.4. The number of primary sulfonamides is 1. The van der Waals surface area contributed by atoms with Gasteiger partial charge in [-0.15, -0.1) is 0 Å². The van der Waals surface area contributed by atoms with Crippen LogP contribution in [-0.2, 0) is 16.4 Å². The first-order valence-electron chi connectivity index (χ1n) is 8.03. The van der Waals surface area contributed by atoms with E-state index in [1.54, 1.807) is 24.5 Å². The molecule has 0 unspecified atom stereocenters. The van der Waals surface area contributed by atoms with Crippen molar-refractivity contribution in [3.8, 4) is 11.4 Å². The number of aromatic nitrogens is 3. The second kappa shape index (κ2) is 7.59. The van der Waals surface area contributed by atoms with Gasteiger partial charge in [-0.05, 0) is 43.2 Å². The van der Waals surface area contributed by atoms with Crippen molar-refractivity contribution < 1.29 is 8.42 Å². The van der Waals surface area contributed by atoms with E-state index in [1.807, 2.05) is 25.1 Å². The van der Waals surface area contributed by atoms with Gasteiger partial charge in [0.05, 0.1) is 4.90 Å². The Hall–Kier alpha value is -2.84. The van der Waals surface area contributed by atoms with Gasteiger partial charge in [0.2, 0.25) is 10.0 Å². The van der Waals surface area contributed by atoms with Crippen molar-refractivity contribution in [3.63, 3.8) is 0 Å². The van der Waals surface area contributed by atoms with Crippen molar-refractivity contribution in [2.24, 2.45) is 5.14 Å². The van der Waals surface area contributed by atoms with Crippen LogP contribution in [0.25, 0.3) is 11.4 Å². The molecule has 1 aromatic carbocycles. The van der Waals surface area contributed by atoms with Crippen LogP contribution < -0.4 is 10.5 Å². The van der Waals surface area contributed by atoms with Crippen LogP contribution in [0.5, 0.6) is 0 Å². The molecule has 2 aromatic heterocycles. The minimum Gasteiger partial charge on any atom is -0.370 e. The Morgan fingerprint density at radius 2 is 1.88 bits per heavy atom. The molecule has 7 nitrogen and oxygen atoms in total. The highest BCUT2D eigenvalue weighted by molar-refractivity contribution is 7.89. The molecule has 0 atom stereocenters. The second-order valence-corrected chi connectivity index (χ2v) is 7.39.